The second-order valence-electron chi connectivity index (χ2n) is 6.22. The minimum absolute atomic E-state index is 0. The number of hydrogen-bond donors (Lipinski definition) is 0. The first-order chi connectivity index (χ1) is 10.2. The average molecular weight is 322 g/mol. The quantitative estimate of drug-likeness (QED) is 0.845. The molecule has 1 aromatic heterocycles. The first-order valence-corrected chi connectivity index (χ1v) is 7.76. The average Bonchev–Trinajstić information content (AvgIpc) is 3.33. The molecule has 1 saturated carbocycles. The van der Waals surface area contributed by atoms with Gasteiger partial charge in [0.05, 0.1) is 5.52 Å². The van der Waals surface area contributed by atoms with Crippen LogP contribution in [-0.2, 0) is 0 Å². The van der Waals surface area contributed by atoms with Crippen LogP contribution in [0.25, 0.3) is 10.9 Å². The standard InChI is InChI=1S/C17H20FN3.ClH/c1-12-10-13-2-5-17(19-16(13)11-15(12)18)21-8-6-20(7-9-21)14-3-4-14;/h2,5,10-11,14H,3-4,6-9H2,1H3;1H. The van der Waals surface area contributed by atoms with Crippen molar-refractivity contribution >= 4 is 29.1 Å². The van der Waals surface area contributed by atoms with Crippen LogP contribution in [0.15, 0.2) is 24.3 Å². The Morgan fingerprint density at radius 3 is 2.50 bits per heavy atom. The number of benzene rings is 1. The lowest BCUT2D eigenvalue weighted by molar-refractivity contribution is 0.247. The third-order valence-electron chi connectivity index (χ3n) is 4.66. The van der Waals surface area contributed by atoms with Gasteiger partial charge in [0.15, 0.2) is 0 Å². The molecule has 1 aromatic carbocycles. The molecular formula is C17H21ClFN3. The van der Waals surface area contributed by atoms with E-state index in [4.69, 9.17) is 0 Å². The molecule has 4 rings (SSSR count). The van der Waals surface area contributed by atoms with Crippen LogP contribution < -0.4 is 4.90 Å². The van der Waals surface area contributed by atoms with Crippen LogP contribution in [0.2, 0.25) is 0 Å². The Labute approximate surface area is 136 Å². The summed E-state index contributed by atoms with van der Waals surface area (Å²) < 4.78 is 13.7. The molecule has 0 N–H and O–H groups in total. The van der Waals surface area contributed by atoms with Gasteiger partial charge in [0.1, 0.15) is 11.6 Å². The molecule has 1 aliphatic carbocycles. The zero-order valence-electron chi connectivity index (χ0n) is 12.8. The Morgan fingerprint density at radius 2 is 1.82 bits per heavy atom. The molecule has 22 heavy (non-hydrogen) atoms. The molecule has 0 radical (unpaired) electrons. The van der Waals surface area contributed by atoms with Crippen molar-refractivity contribution in [3.05, 3.63) is 35.6 Å². The number of pyridine rings is 1. The summed E-state index contributed by atoms with van der Waals surface area (Å²) in [5, 5.41) is 1.01. The predicted octanol–water partition coefficient (Wildman–Crippen LogP) is 3.39. The normalized spacial score (nSPS) is 19.3. The molecule has 5 heteroatoms. The van der Waals surface area contributed by atoms with E-state index < -0.39 is 0 Å². The zero-order valence-corrected chi connectivity index (χ0v) is 13.6. The molecule has 118 valence electrons. The van der Waals surface area contributed by atoms with Gasteiger partial charge >= 0.3 is 0 Å². The van der Waals surface area contributed by atoms with Crippen LogP contribution in [0.4, 0.5) is 10.2 Å². The fourth-order valence-electron chi connectivity index (χ4n) is 3.18. The van der Waals surface area contributed by atoms with Gasteiger partial charge in [-0.15, -0.1) is 12.4 Å². The van der Waals surface area contributed by atoms with Crippen LogP contribution in [-0.4, -0.2) is 42.1 Å². The number of hydrogen-bond acceptors (Lipinski definition) is 3. The van der Waals surface area contributed by atoms with E-state index in [0.717, 1.165) is 48.9 Å². The van der Waals surface area contributed by atoms with Gasteiger partial charge in [0, 0.05) is 43.7 Å². The van der Waals surface area contributed by atoms with Gasteiger partial charge in [0.2, 0.25) is 0 Å². The summed E-state index contributed by atoms with van der Waals surface area (Å²) >= 11 is 0. The molecule has 1 saturated heterocycles. The molecule has 2 fully saturated rings. The molecule has 0 amide bonds. The Balaban J connectivity index is 0.00000144. The number of aromatic nitrogens is 1. The molecule has 2 aromatic rings. The highest BCUT2D eigenvalue weighted by molar-refractivity contribution is 5.85. The predicted molar refractivity (Wildman–Crippen MR) is 90.5 cm³/mol. The van der Waals surface area contributed by atoms with Gasteiger partial charge < -0.3 is 4.90 Å². The van der Waals surface area contributed by atoms with E-state index in [1.165, 1.54) is 12.8 Å². The van der Waals surface area contributed by atoms with Crippen LogP contribution in [0, 0.1) is 12.7 Å². The maximum atomic E-state index is 13.7. The summed E-state index contributed by atoms with van der Waals surface area (Å²) in [5.74, 6) is 0.798. The fraction of sp³-hybridized carbons (Fsp3) is 0.471. The lowest BCUT2D eigenvalue weighted by Gasteiger charge is -2.35. The second-order valence-corrected chi connectivity index (χ2v) is 6.22. The van der Waals surface area contributed by atoms with Crippen LogP contribution in [0.5, 0.6) is 0 Å². The van der Waals surface area contributed by atoms with E-state index in [2.05, 4.69) is 26.9 Å². The Kier molecular flexibility index (Phi) is 4.24. The number of halogens is 2. The Bertz CT molecular complexity index is 679. The summed E-state index contributed by atoms with van der Waals surface area (Å²) in [6, 6.07) is 8.37. The van der Waals surface area contributed by atoms with Crippen molar-refractivity contribution < 1.29 is 4.39 Å². The first-order valence-electron chi connectivity index (χ1n) is 7.76. The van der Waals surface area contributed by atoms with E-state index in [9.17, 15) is 4.39 Å². The summed E-state index contributed by atoms with van der Waals surface area (Å²) in [6.07, 6.45) is 2.74. The maximum absolute atomic E-state index is 13.7. The molecule has 0 spiro atoms. The van der Waals surface area contributed by atoms with Crippen molar-refractivity contribution in [3.8, 4) is 0 Å². The number of rotatable bonds is 2. The van der Waals surface area contributed by atoms with Gasteiger partial charge in [-0.25, -0.2) is 9.37 Å². The molecular weight excluding hydrogens is 301 g/mol. The van der Waals surface area contributed by atoms with Gasteiger partial charge in [-0.05, 0) is 43.5 Å². The lowest BCUT2D eigenvalue weighted by Crippen LogP contribution is -2.47. The largest absolute Gasteiger partial charge is 0.354 e. The number of nitrogens with zero attached hydrogens (tertiary/aromatic N) is 3. The third-order valence-corrected chi connectivity index (χ3v) is 4.66. The van der Waals surface area contributed by atoms with Gasteiger partial charge in [-0.3, -0.25) is 4.90 Å². The summed E-state index contributed by atoms with van der Waals surface area (Å²) in [5.41, 5.74) is 1.43. The van der Waals surface area contributed by atoms with E-state index in [1.807, 2.05) is 6.07 Å². The highest BCUT2D eigenvalue weighted by atomic mass is 35.5. The Hall–Kier alpha value is -1.39. The van der Waals surface area contributed by atoms with Crippen molar-refractivity contribution in [1.29, 1.82) is 0 Å². The van der Waals surface area contributed by atoms with Crippen LogP contribution >= 0.6 is 12.4 Å². The van der Waals surface area contributed by atoms with Gasteiger partial charge in [-0.2, -0.15) is 0 Å². The number of anilines is 1. The van der Waals surface area contributed by atoms with E-state index in [1.54, 1.807) is 13.0 Å². The van der Waals surface area contributed by atoms with Crippen molar-refractivity contribution in [2.45, 2.75) is 25.8 Å². The highest BCUT2D eigenvalue weighted by Crippen LogP contribution is 2.28. The topological polar surface area (TPSA) is 19.4 Å². The molecule has 1 aliphatic heterocycles. The number of aryl methyl sites for hydroxylation is 1. The van der Waals surface area contributed by atoms with Crippen molar-refractivity contribution in [2.75, 3.05) is 31.1 Å². The molecule has 2 aliphatic rings. The molecule has 0 unspecified atom stereocenters. The van der Waals surface area contributed by atoms with Crippen LogP contribution in [0.3, 0.4) is 0 Å². The SMILES string of the molecule is Cc1cc2ccc(N3CCN(C4CC4)CC3)nc2cc1F.Cl. The first kappa shape index (κ1) is 15.5. The van der Waals surface area contributed by atoms with E-state index in [-0.39, 0.29) is 18.2 Å². The minimum atomic E-state index is -0.175. The third kappa shape index (κ3) is 2.90. The molecule has 0 bridgehead atoms. The molecule has 2 heterocycles. The molecule has 0 atom stereocenters. The van der Waals surface area contributed by atoms with Crippen molar-refractivity contribution in [2.24, 2.45) is 0 Å². The smallest absolute Gasteiger partial charge is 0.129 e. The molecule has 3 nitrogen and oxygen atoms in total. The van der Waals surface area contributed by atoms with E-state index >= 15 is 0 Å². The summed E-state index contributed by atoms with van der Waals surface area (Å²) in [6.45, 7) is 6.06. The van der Waals surface area contributed by atoms with Crippen molar-refractivity contribution in [3.63, 3.8) is 0 Å². The summed E-state index contributed by atoms with van der Waals surface area (Å²) in [4.78, 5) is 9.55. The van der Waals surface area contributed by atoms with Crippen LogP contribution in [0.1, 0.15) is 18.4 Å². The second kappa shape index (κ2) is 6.01. The number of fused-ring (bicyclic) bond motifs is 1. The minimum Gasteiger partial charge on any atom is -0.354 e. The lowest BCUT2D eigenvalue weighted by atomic mass is 10.1. The zero-order chi connectivity index (χ0) is 14.4. The maximum Gasteiger partial charge on any atom is 0.129 e. The van der Waals surface area contributed by atoms with E-state index in [0.29, 0.717) is 5.56 Å². The van der Waals surface area contributed by atoms with Crippen molar-refractivity contribution in [1.82, 2.24) is 9.88 Å². The number of piperazine rings is 1. The summed E-state index contributed by atoms with van der Waals surface area (Å²) in [7, 11) is 0. The fourth-order valence-corrected chi connectivity index (χ4v) is 3.18. The van der Waals surface area contributed by atoms with Gasteiger partial charge in [-0.1, -0.05) is 0 Å². The highest BCUT2D eigenvalue weighted by Gasteiger charge is 2.31. The monoisotopic (exact) mass is 321 g/mol. The Morgan fingerprint density at radius 1 is 1.09 bits per heavy atom. The van der Waals surface area contributed by atoms with Gasteiger partial charge in [0.25, 0.3) is 0 Å².